The second kappa shape index (κ2) is 11.0. The summed E-state index contributed by atoms with van der Waals surface area (Å²) in [7, 11) is 1.58. The van der Waals surface area contributed by atoms with Gasteiger partial charge in [0.05, 0.1) is 36.9 Å². The highest BCUT2D eigenvalue weighted by Crippen LogP contribution is 2.33. The maximum Gasteiger partial charge on any atom is 0.319 e. The third-order valence-electron chi connectivity index (χ3n) is 6.06. The van der Waals surface area contributed by atoms with E-state index >= 15 is 0 Å². The van der Waals surface area contributed by atoms with Crippen LogP contribution in [0.1, 0.15) is 30.9 Å². The molecule has 0 spiro atoms. The second-order valence-corrected chi connectivity index (χ2v) is 8.40. The molecule has 2 heterocycles. The van der Waals surface area contributed by atoms with E-state index in [1.54, 1.807) is 19.4 Å². The third-order valence-corrected chi connectivity index (χ3v) is 6.06. The summed E-state index contributed by atoms with van der Waals surface area (Å²) >= 11 is 0. The van der Waals surface area contributed by atoms with E-state index in [0.717, 1.165) is 22.4 Å². The molecule has 0 aliphatic carbocycles. The molecule has 1 aliphatic heterocycles. The van der Waals surface area contributed by atoms with Crippen molar-refractivity contribution in [2.75, 3.05) is 37.0 Å². The lowest BCUT2D eigenvalue weighted by molar-refractivity contribution is 0.145. The predicted octanol–water partition coefficient (Wildman–Crippen LogP) is 3.29. The molecule has 4 rings (SSSR count). The highest BCUT2D eigenvalue weighted by Gasteiger charge is 2.21. The highest BCUT2D eigenvalue weighted by molar-refractivity contribution is 5.94. The van der Waals surface area contributed by atoms with Gasteiger partial charge in [-0.15, -0.1) is 0 Å². The minimum atomic E-state index is -0.708. The Labute approximate surface area is 198 Å². The van der Waals surface area contributed by atoms with Crippen molar-refractivity contribution in [3.63, 3.8) is 0 Å². The number of carbonyl (C=O) groups is 1. The first kappa shape index (κ1) is 23.6. The summed E-state index contributed by atoms with van der Waals surface area (Å²) in [5.74, 6) is 0.680. The smallest absolute Gasteiger partial charge is 0.319 e. The first-order chi connectivity index (χ1) is 16.5. The first-order valence-corrected chi connectivity index (χ1v) is 11.5. The standard InChI is InChI=1S/C25H31N5O4/c1-34-21-4-2-3-18(13-21)24(32)7-10-26-25(33)29-22-6-5-17(19-15-27-28-16-19)14-23(22)30-11-8-20(31)9-12-30/h2-6,13-16,20,24,31-32H,7-12H2,1H3,(H,27,28)(H2,26,29,33). The van der Waals surface area contributed by atoms with Gasteiger partial charge in [-0.2, -0.15) is 5.10 Å². The molecule has 9 heteroatoms. The third kappa shape index (κ3) is 5.86. The molecule has 3 aromatic rings. The van der Waals surface area contributed by atoms with Crippen LogP contribution in [0.15, 0.2) is 54.9 Å². The lowest BCUT2D eigenvalue weighted by Gasteiger charge is -2.33. The summed E-state index contributed by atoms with van der Waals surface area (Å²) < 4.78 is 5.20. The number of nitrogens with zero attached hydrogens (tertiary/aromatic N) is 2. The van der Waals surface area contributed by atoms with Crippen LogP contribution in [0, 0.1) is 0 Å². The van der Waals surface area contributed by atoms with E-state index in [2.05, 4.69) is 25.7 Å². The van der Waals surface area contributed by atoms with Gasteiger partial charge < -0.3 is 30.5 Å². The quantitative estimate of drug-likeness (QED) is 0.348. The van der Waals surface area contributed by atoms with E-state index < -0.39 is 6.10 Å². The van der Waals surface area contributed by atoms with E-state index in [1.165, 1.54) is 0 Å². The van der Waals surface area contributed by atoms with E-state index in [-0.39, 0.29) is 12.1 Å². The van der Waals surface area contributed by atoms with Crippen LogP contribution in [0.25, 0.3) is 11.1 Å². The van der Waals surface area contributed by atoms with Gasteiger partial charge in [-0.3, -0.25) is 5.10 Å². The molecule has 1 aliphatic rings. The molecule has 2 amide bonds. The molecule has 180 valence electrons. The van der Waals surface area contributed by atoms with Gasteiger partial charge in [-0.05, 0) is 54.7 Å². The number of aliphatic hydroxyl groups excluding tert-OH is 2. The summed E-state index contributed by atoms with van der Waals surface area (Å²) in [6.07, 6.45) is 4.33. The number of benzene rings is 2. The lowest BCUT2D eigenvalue weighted by atomic mass is 10.0. The van der Waals surface area contributed by atoms with Crippen molar-refractivity contribution in [1.29, 1.82) is 0 Å². The number of anilines is 2. The molecule has 1 fully saturated rings. The number of aromatic amines is 1. The molecule has 0 radical (unpaired) electrons. The zero-order valence-electron chi connectivity index (χ0n) is 19.2. The number of methoxy groups -OCH3 is 1. The van der Waals surface area contributed by atoms with E-state index in [4.69, 9.17) is 4.74 Å². The van der Waals surface area contributed by atoms with Crippen LogP contribution in [0.4, 0.5) is 16.2 Å². The monoisotopic (exact) mass is 465 g/mol. The Morgan fingerprint density at radius 1 is 1.24 bits per heavy atom. The van der Waals surface area contributed by atoms with Gasteiger partial charge in [0.15, 0.2) is 0 Å². The van der Waals surface area contributed by atoms with Gasteiger partial charge in [-0.1, -0.05) is 18.2 Å². The number of amides is 2. The zero-order valence-corrected chi connectivity index (χ0v) is 19.2. The number of aromatic nitrogens is 2. The summed E-state index contributed by atoms with van der Waals surface area (Å²) in [6.45, 7) is 1.72. The molecule has 34 heavy (non-hydrogen) atoms. The molecule has 0 bridgehead atoms. The first-order valence-electron chi connectivity index (χ1n) is 11.5. The Morgan fingerprint density at radius 3 is 2.79 bits per heavy atom. The van der Waals surface area contributed by atoms with E-state index in [1.807, 2.05) is 42.6 Å². The van der Waals surface area contributed by atoms with E-state index in [0.29, 0.717) is 50.3 Å². The van der Waals surface area contributed by atoms with Gasteiger partial charge in [0.25, 0.3) is 0 Å². The van der Waals surface area contributed by atoms with Crippen LogP contribution in [-0.4, -0.2) is 59.3 Å². The molecule has 1 saturated heterocycles. The number of hydrogen-bond acceptors (Lipinski definition) is 6. The molecule has 5 N–H and O–H groups in total. The summed E-state index contributed by atoms with van der Waals surface area (Å²) in [4.78, 5) is 14.8. The topological polar surface area (TPSA) is 123 Å². The van der Waals surface area contributed by atoms with E-state index in [9.17, 15) is 15.0 Å². The molecule has 0 saturated carbocycles. The number of hydrogen-bond donors (Lipinski definition) is 5. The fraction of sp³-hybridized carbons (Fsp3) is 0.360. The van der Waals surface area contributed by atoms with Crippen molar-refractivity contribution in [1.82, 2.24) is 15.5 Å². The molecule has 1 unspecified atom stereocenters. The number of urea groups is 1. The van der Waals surface area contributed by atoms with Crippen LogP contribution in [-0.2, 0) is 0 Å². The second-order valence-electron chi connectivity index (χ2n) is 8.40. The Hall–Kier alpha value is -3.56. The number of aliphatic hydroxyl groups is 2. The van der Waals surface area contributed by atoms with Crippen molar-refractivity contribution < 1.29 is 19.7 Å². The van der Waals surface area contributed by atoms with Gasteiger partial charge in [-0.25, -0.2) is 4.79 Å². The molecular weight excluding hydrogens is 434 g/mol. The van der Waals surface area contributed by atoms with Crippen LogP contribution >= 0.6 is 0 Å². The number of ether oxygens (including phenoxy) is 1. The normalized spacial score (nSPS) is 15.1. The lowest BCUT2D eigenvalue weighted by Crippen LogP contribution is -2.37. The van der Waals surface area contributed by atoms with Crippen molar-refractivity contribution in [3.05, 3.63) is 60.4 Å². The minimum absolute atomic E-state index is 0.288. The molecular formula is C25H31N5O4. The zero-order chi connectivity index (χ0) is 23.9. The average molecular weight is 466 g/mol. The highest BCUT2D eigenvalue weighted by atomic mass is 16.5. The molecule has 1 aromatic heterocycles. The Bertz CT molecular complexity index is 1080. The largest absolute Gasteiger partial charge is 0.497 e. The number of piperidine rings is 1. The van der Waals surface area contributed by atoms with Crippen LogP contribution in [0.3, 0.4) is 0 Å². The maximum atomic E-state index is 12.6. The molecule has 2 aromatic carbocycles. The molecule has 9 nitrogen and oxygen atoms in total. The number of rotatable bonds is 8. The summed E-state index contributed by atoms with van der Waals surface area (Å²) in [5.41, 5.74) is 4.28. The van der Waals surface area contributed by atoms with Crippen molar-refractivity contribution >= 4 is 17.4 Å². The van der Waals surface area contributed by atoms with Crippen molar-refractivity contribution in [2.24, 2.45) is 0 Å². The Balaban J connectivity index is 1.40. The van der Waals surface area contributed by atoms with Crippen molar-refractivity contribution in [2.45, 2.75) is 31.5 Å². The van der Waals surface area contributed by atoms with Crippen LogP contribution in [0.2, 0.25) is 0 Å². The SMILES string of the molecule is COc1cccc(C(O)CCNC(=O)Nc2ccc(-c3cn[nH]c3)cc2N2CCC(O)CC2)c1. The van der Waals surface area contributed by atoms with Crippen molar-refractivity contribution in [3.8, 4) is 16.9 Å². The Morgan fingerprint density at radius 2 is 2.06 bits per heavy atom. The fourth-order valence-electron chi connectivity index (χ4n) is 4.10. The van der Waals surface area contributed by atoms with Gasteiger partial charge in [0, 0.05) is 31.4 Å². The number of H-pyrrole nitrogens is 1. The average Bonchev–Trinajstić information content (AvgIpc) is 3.40. The Kier molecular flexibility index (Phi) is 7.66. The van der Waals surface area contributed by atoms with Gasteiger partial charge in [0.2, 0.25) is 0 Å². The molecule has 1 atom stereocenters. The van der Waals surface area contributed by atoms with Crippen LogP contribution < -0.4 is 20.3 Å². The predicted molar refractivity (Wildman–Crippen MR) is 131 cm³/mol. The minimum Gasteiger partial charge on any atom is -0.497 e. The summed E-state index contributed by atoms with van der Waals surface area (Å²) in [6, 6.07) is 12.8. The van der Waals surface area contributed by atoms with Gasteiger partial charge >= 0.3 is 6.03 Å². The van der Waals surface area contributed by atoms with Crippen LogP contribution in [0.5, 0.6) is 5.75 Å². The van der Waals surface area contributed by atoms with Gasteiger partial charge in [0.1, 0.15) is 5.75 Å². The number of carbonyl (C=O) groups excluding carboxylic acids is 1. The summed E-state index contributed by atoms with van der Waals surface area (Å²) in [5, 5.41) is 33.0. The maximum absolute atomic E-state index is 12.6. The fourth-order valence-corrected chi connectivity index (χ4v) is 4.10. The number of nitrogens with one attached hydrogen (secondary N) is 3.